The van der Waals surface area contributed by atoms with Crippen molar-refractivity contribution in [2.75, 3.05) is 33.3 Å². The van der Waals surface area contributed by atoms with Crippen LogP contribution in [0.4, 0.5) is 0 Å². The van der Waals surface area contributed by atoms with Crippen LogP contribution in [0, 0.1) is 5.92 Å². The molecule has 3 rings (SSSR count). The van der Waals surface area contributed by atoms with Crippen molar-refractivity contribution in [3.05, 3.63) is 24.3 Å². The van der Waals surface area contributed by atoms with Gasteiger partial charge in [0.15, 0.2) is 11.5 Å². The Morgan fingerprint density at radius 2 is 2.20 bits per heavy atom. The quantitative estimate of drug-likeness (QED) is 0.891. The molecule has 1 N–H and O–H groups in total. The highest BCUT2D eigenvalue weighted by atomic mass is 16.6. The highest BCUT2D eigenvalue weighted by Gasteiger charge is 2.30. The SMILES string of the molecule is CN(C[C@H]1CCNC1)C(=O)[C@H]1COc2ccccc2O1. The topological polar surface area (TPSA) is 50.8 Å². The van der Waals surface area contributed by atoms with E-state index in [1.807, 2.05) is 31.3 Å². The number of para-hydroxylation sites is 2. The van der Waals surface area contributed by atoms with E-state index >= 15 is 0 Å². The Morgan fingerprint density at radius 3 is 2.95 bits per heavy atom. The molecular weight excluding hydrogens is 256 g/mol. The minimum Gasteiger partial charge on any atom is -0.485 e. The van der Waals surface area contributed by atoms with Gasteiger partial charge in [0.05, 0.1) is 0 Å². The van der Waals surface area contributed by atoms with Gasteiger partial charge >= 0.3 is 0 Å². The maximum atomic E-state index is 12.4. The molecule has 0 radical (unpaired) electrons. The summed E-state index contributed by atoms with van der Waals surface area (Å²) in [5, 5.41) is 3.32. The summed E-state index contributed by atoms with van der Waals surface area (Å²) in [7, 11) is 1.84. The molecule has 108 valence electrons. The van der Waals surface area contributed by atoms with Crippen LogP contribution < -0.4 is 14.8 Å². The number of hydrogen-bond acceptors (Lipinski definition) is 4. The van der Waals surface area contributed by atoms with Crippen LogP contribution in [-0.4, -0.2) is 50.2 Å². The maximum absolute atomic E-state index is 12.4. The smallest absolute Gasteiger partial charge is 0.267 e. The lowest BCUT2D eigenvalue weighted by Gasteiger charge is -2.29. The number of ether oxygens (including phenoxy) is 2. The number of nitrogens with one attached hydrogen (secondary N) is 1. The number of fused-ring (bicyclic) bond motifs is 1. The average molecular weight is 276 g/mol. The van der Waals surface area contributed by atoms with Crippen LogP contribution in [0.3, 0.4) is 0 Å². The Morgan fingerprint density at radius 1 is 1.40 bits per heavy atom. The van der Waals surface area contributed by atoms with E-state index in [2.05, 4.69) is 5.32 Å². The van der Waals surface area contributed by atoms with Crippen molar-refractivity contribution in [1.29, 1.82) is 0 Å². The summed E-state index contributed by atoms with van der Waals surface area (Å²) in [4.78, 5) is 14.2. The summed E-state index contributed by atoms with van der Waals surface area (Å²) in [6, 6.07) is 7.45. The molecule has 1 fully saturated rings. The number of nitrogens with zero attached hydrogens (tertiary/aromatic N) is 1. The first-order chi connectivity index (χ1) is 9.74. The Balaban J connectivity index is 1.60. The number of likely N-dealkylation sites (N-methyl/N-ethyl adjacent to an activating group) is 1. The van der Waals surface area contributed by atoms with Crippen LogP contribution in [0.15, 0.2) is 24.3 Å². The molecule has 1 amide bonds. The van der Waals surface area contributed by atoms with Crippen molar-refractivity contribution >= 4 is 5.91 Å². The van der Waals surface area contributed by atoms with Gasteiger partial charge in [-0.05, 0) is 37.6 Å². The van der Waals surface area contributed by atoms with Gasteiger partial charge in [0.25, 0.3) is 5.91 Å². The summed E-state index contributed by atoms with van der Waals surface area (Å²) in [6.07, 6.45) is 0.590. The lowest BCUT2D eigenvalue weighted by Crippen LogP contribution is -2.46. The van der Waals surface area contributed by atoms with Crippen molar-refractivity contribution in [2.24, 2.45) is 5.92 Å². The molecule has 5 nitrogen and oxygen atoms in total. The van der Waals surface area contributed by atoms with Gasteiger partial charge in [-0.2, -0.15) is 0 Å². The van der Waals surface area contributed by atoms with E-state index in [0.29, 0.717) is 17.4 Å². The summed E-state index contributed by atoms with van der Waals surface area (Å²) in [5.74, 6) is 1.89. The van der Waals surface area contributed by atoms with Crippen LogP contribution >= 0.6 is 0 Å². The summed E-state index contributed by atoms with van der Waals surface area (Å²) >= 11 is 0. The molecule has 5 heteroatoms. The zero-order chi connectivity index (χ0) is 13.9. The lowest BCUT2D eigenvalue weighted by atomic mass is 10.1. The second-order valence-corrected chi connectivity index (χ2v) is 5.44. The van der Waals surface area contributed by atoms with Crippen molar-refractivity contribution in [1.82, 2.24) is 10.2 Å². The fourth-order valence-electron chi connectivity index (χ4n) is 2.73. The van der Waals surface area contributed by atoms with E-state index in [9.17, 15) is 4.79 Å². The van der Waals surface area contributed by atoms with Gasteiger partial charge in [-0.15, -0.1) is 0 Å². The number of carbonyl (C=O) groups excluding carboxylic acids is 1. The predicted octanol–water partition coefficient (Wildman–Crippen LogP) is 0.894. The number of amides is 1. The van der Waals surface area contributed by atoms with Gasteiger partial charge in [0.2, 0.25) is 6.10 Å². The molecule has 1 aromatic carbocycles. The number of benzene rings is 1. The molecule has 0 aromatic heterocycles. The van der Waals surface area contributed by atoms with Gasteiger partial charge in [0.1, 0.15) is 6.61 Å². The molecule has 0 aliphatic carbocycles. The van der Waals surface area contributed by atoms with Crippen LogP contribution in [0.5, 0.6) is 11.5 Å². The molecule has 1 saturated heterocycles. The molecule has 0 saturated carbocycles. The second-order valence-electron chi connectivity index (χ2n) is 5.44. The van der Waals surface area contributed by atoms with E-state index in [4.69, 9.17) is 9.47 Å². The molecule has 2 heterocycles. The highest BCUT2D eigenvalue weighted by molar-refractivity contribution is 5.81. The van der Waals surface area contributed by atoms with Gasteiger partial charge < -0.3 is 19.7 Å². The third-order valence-electron chi connectivity index (χ3n) is 3.85. The van der Waals surface area contributed by atoms with Crippen molar-refractivity contribution in [3.8, 4) is 11.5 Å². The molecule has 20 heavy (non-hydrogen) atoms. The largest absolute Gasteiger partial charge is 0.485 e. The monoisotopic (exact) mass is 276 g/mol. The molecule has 0 bridgehead atoms. The Labute approximate surface area is 118 Å². The minimum atomic E-state index is -0.538. The Bertz CT molecular complexity index is 486. The third-order valence-corrected chi connectivity index (χ3v) is 3.85. The van der Waals surface area contributed by atoms with E-state index in [0.717, 1.165) is 26.1 Å². The van der Waals surface area contributed by atoms with Crippen LogP contribution in [0.1, 0.15) is 6.42 Å². The van der Waals surface area contributed by atoms with Gasteiger partial charge in [-0.1, -0.05) is 12.1 Å². The van der Waals surface area contributed by atoms with Gasteiger partial charge in [0, 0.05) is 13.6 Å². The zero-order valence-electron chi connectivity index (χ0n) is 11.7. The Hall–Kier alpha value is -1.75. The van der Waals surface area contributed by atoms with E-state index in [1.165, 1.54) is 0 Å². The second kappa shape index (κ2) is 5.71. The normalized spacial score (nSPS) is 24.4. The number of rotatable bonds is 3. The fraction of sp³-hybridized carbons (Fsp3) is 0.533. The third kappa shape index (κ3) is 2.72. The molecule has 2 atom stereocenters. The molecule has 2 aliphatic heterocycles. The first-order valence-electron chi connectivity index (χ1n) is 7.08. The fourth-order valence-corrected chi connectivity index (χ4v) is 2.73. The number of hydrogen-bond donors (Lipinski definition) is 1. The number of carbonyl (C=O) groups is 1. The zero-order valence-corrected chi connectivity index (χ0v) is 11.7. The van der Waals surface area contributed by atoms with Crippen molar-refractivity contribution in [2.45, 2.75) is 12.5 Å². The van der Waals surface area contributed by atoms with Crippen LogP contribution in [0.25, 0.3) is 0 Å². The van der Waals surface area contributed by atoms with Gasteiger partial charge in [-0.25, -0.2) is 0 Å². The molecule has 0 spiro atoms. The first kappa shape index (κ1) is 13.2. The minimum absolute atomic E-state index is 0.00796. The van der Waals surface area contributed by atoms with E-state index in [1.54, 1.807) is 4.90 Å². The molecule has 0 unspecified atom stereocenters. The Kier molecular flexibility index (Phi) is 3.78. The van der Waals surface area contributed by atoms with Crippen LogP contribution in [0.2, 0.25) is 0 Å². The summed E-state index contributed by atoms with van der Waals surface area (Å²) < 4.78 is 11.3. The van der Waals surface area contributed by atoms with Crippen LogP contribution in [-0.2, 0) is 4.79 Å². The lowest BCUT2D eigenvalue weighted by molar-refractivity contribution is -0.140. The standard InChI is InChI=1S/C15H20N2O3/c1-17(9-11-6-7-16-8-11)15(18)14-10-19-12-4-2-3-5-13(12)20-14/h2-5,11,14,16H,6-10H2,1H3/t11-,14+/m0/s1. The predicted molar refractivity (Wildman–Crippen MR) is 75.0 cm³/mol. The first-order valence-corrected chi connectivity index (χ1v) is 7.08. The summed E-state index contributed by atoms with van der Waals surface area (Å²) in [6.45, 7) is 3.09. The van der Waals surface area contributed by atoms with Crippen molar-refractivity contribution in [3.63, 3.8) is 0 Å². The van der Waals surface area contributed by atoms with Crippen molar-refractivity contribution < 1.29 is 14.3 Å². The molecule has 2 aliphatic rings. The average Bonchev–Trinajstić information content (AvgIpc) is 2.99. The highest BCUT2D eigenvalue weighted by Crippen LogP contribution is 2.31. The maximum Gasteiger partial charge on any atom is 0.267 e. The van der Waals surface area contributed by atoms with E-state index < -0.39 is 6.10 Å². The van der Waals surface area contributed by atoms with E-state index in [-0.39, 0.29) is 12.5 Å². The van der Waals surface area contributed by atoms with Gasteiger partial charge in [-0.3, -0.25) is 4.79 Å². The summed E-state index contributed by atoms with van der Waals surface area (Å²) in [5.41, 5.74) is 0. The molecular formula is C15H20N2O3. The molecule has 1 aromatic rings.